The van der Waals surface area contributed by atoms with Crippen LogP contribution in [-0.2, 0) is 4.79 Å². The van der Waals surface area contributed by atoms with Gasteiger partial charge in [0.25, 0.3) is 0 Å². The molecule has 0 amide bonds. The number of hydrogen-bond donors (Lipinski definition) is 0. The van der Waals surface area contributed by atoms with Crippen molar-refractivity contribution in [3.8, 4) is 5.75 Å². The molecule has 1 aliphatic rings. The van der Waals surface area contributed by atoms with Gasteiger partial charge in [-0.1, -0.05) is 23.7 Å². The molecule has 5 rings (SSSR count). The monoisotopic (exact) mass is 394 g/mol. The van der Waals surface area contributed by atoms with E-state index in [1.807, 2.05) is 0 Å². The van der Waals surface area contributed by atoms with E-state index in [1.54, 1.807) is 42.5 Å². The van der Waals surface area contributed by atoms with E-state index in [0.29, 0.717) is 32.5 Å². The first-order valence-corrected chi connectivity index (χ1v) is 8.89. The molecule has 2 aromatic carbocycles. The van der Waals surface area contributed by atoms with E-state index in [2.05, 4.69) is 0 Å². The van der Waals surface area contributed by atoms with Crippen LogP contribution in [0, 0.1) is 0 Å². The SMILES string of the molecule is O=C1CC(c2cc(=O)oc3ccc(Cl)cc23)c2c(c3ccccc3oc2=O)O1. The van der Waals surface area contributed by atoms with Crippen molar-refractivity contribution in [2.75, 3.05) is 0 Å². The Kier molecular flexibility index (Phi) is 3.64. The lowest BCUT2D eigenvalue weighted by Gasteiger charge is -2.25. The van der Waals surface area contributed by atoms with Crippen molar-refractivity contribution in [3.05, 3.63) is 85.5 Å². The van der Waals surface area contributed by atoms with Gasteiger partial charge < -0.3 is 13.6 Å². The van der Waals surface area contributed by atoms with Gasteiger partial charge in [0, 0.05) is 22.4 Å². The first kappa shape index (κ1) is 16.8. The Bertz CT molecular complexity index is 1400. The van der Waals surface area contributed by atoms with Crippen LogP contribution in [0.5, 0.6) is 5.75 Å². The van der Waals surface area contributed by atoms with Crippen molar-refractivity contribution in [1.29, 1.82) is 0 Å². The molecule has 1 atom stereocenters. The summed E-state index contributed by atoms with van der Waals surface area (Å²) in [5, 5.41) is 1.50. The van der Waals surface area contributed by atoms with E-state index in [4.69, 9.17) is 25.2 Å². The molecule has 2 aromatic heterocycles. The zero-order valence-corrected chi connectivity index (χ0v) is 15.0. The third kappa shape index (κ3) is 2.53. The van der Waals surface area contributed by atoms with Crippen molar-refractivity contribution in [2.45, 2.75) is 12.3 Å². The van der Waals surface area contributed by atoms with Gasteiger partial charge in [-0.15, -0.1) is 0 Å². The summed E-state index contributed by atoms with van der Waals surface area (Å²) in [5.41, 5.74) is 0.0993. The lowest BCUT2D eigenvalue weighted by molar-refractivity contribution is -0.135. The van der Waals surface area contributed by atoms with Crippen LogP contribution in [0.2, 0.25) is 5.02 Å². The lowest BCUT2D eigenvalue weighted by atomic mass is 9.85. The molecule has 4 aromatic rings. The molecule has 28 heavy (non-hydrogen) atoms. The Balaban J connectivity index is 1.87. The van der Waals surface area contributed by atoms with Crippen molar-refractivity contribution in [3.63, 3.8) is 0 Å². The van der Waals surface area contributed by atoms with E-state index in [0.717, 1.165) is 0 Å². The van der Waals surface area contributed by atoms with Gasteiger partial charge in [-0.05, 0) is 35.9 Å². The largest absolute Gasteiger partial charge is 0.425 e. The van der Waals surface area contributed by atoms with Crippen LogP contribution in [0.1, 0.15) is 23.5 Å². The number of carbonyl (C=O) groups excluding carboxylic acids is 1. The summed E-state index contributed by atoms with van der Waals surface area (Å²) in [6.07, 6.45) is -0.110. The molecule has 1 aliphatic heterocycles. The third-order valence-corrected chi connectivity index (χ3v) is 5.08. The van der Waals surface area contributed by atoms with Crippen LogP contribution in [0.15, 0.2) is 67.0 Å². The molecule has 0 aliphatic carbocycles. The number of rotatable bonds is 1. The summed E-state index contributed by atoms with van der Waals surface area (Å²) in [6, 6.07) is 12.9. The number of esters is 1. The summed E-state index contributed by atoms with van der Waals surface area (Å²) < 4.78 is 16.1. The average molecular weight is 395 g/mol. The van der Waals surface area contributed by atoms with Gasteiger partial charge in [0.2, 0.25) is 0 Å². The standard InChI is InChI=1S/C21H11ClO6/c22-10-5-6-16-13(7-10)12(8-17(23)26-16)14-9-18(24)28-20-11-3-1-2-4-15(11)27-21(25)19(14)20/h1-8,14H,9H2. The highest BCUT2D eigenvalue weighted by molar-refractivity contribution is 6.31. The topological polar surface area (TPSA) is 86.7 Å². The smallest absolute Gasteiger partial charge is 0.343 e. The molecule has 0 bridgehead atoms. The first-order chi connectivity index (χ1) is 13.5. The predicted molar refractivity (Wildman–Crippen MR) is 102 cm³/mol. The lowest BCUT2D eigenvalue weighted by Crippen LogP contribution is -2.27. The Morgan fingerprint density at radius 3 is 2.54 bits per heavy atom. The van der Waals surface area contributed by atoms with Crippen LogP contribution in [0.25, 0.3) is 21.9 Å². The summed E-state index contributed by atoms with van der Waals surface area (Å²) in [5.74, 6) is -1.06. The minimum atomic E-state index is -0.720. The number of hydrogen-bond acceptors (Lipinski definition) is 6. The van der Waals surface area contributed by atoms with E-state index >= 15 is 0 Å². The maximum Gasteiger partial charge on any atom is 0.343 e. The second kappa shape index (κ2) is 6.07. The maximum atomic E-state index is 12.8. The Hall–Kier alpha value is -3.38. The summed E-state index contributed by atoms with van der Waals surface area (Å²) >= 11 is 6.12. The van der Waals surface area contributed by atoms with E-state index in [9.17, 15) is 14.4 Å². The third-order valence-electron chi connectivity index (χ3n) is 4.85. The van der Waals surface area contributed by atoms with Crippen molar-refractivity contribution in [2.24, 2.45) is 0 Å². The van der Waals surface area contributed by atoms with Crippen LogP contribution in [-0.4, -0.2) is 5.97 Å². The Morgan fingerprint density at radius 1 is 0.893 bits per heavy atom. The first-order valence-electron chi connectivity index (χ1n) is 8.51. The minimum Gasteiger partial charge on any atom is -0.425 e. The van der Waals surface area contributed by atoms with Gasteiger partial charge in [-0.2, -0.15) is 0 Å². The fourth-order valence-electron chi connectivity index (χ4n) is 3.68. The van der Waals surface area contributed by atoms with Crippen molar-refractivity contribution in [1.82, 2.24) is 0 Å². The number of benzene rings is 2. The zero-order valence-electron chi connectivity index (χ0n) is 14.2. The van der Waals surface area contributed by atoms with Crippen molar-refractivity contribution < 1.29 is 18.4 Å². The van der Waals surface area contributed by atoms with Crippen LogP contribution in [0.4, 0.5) is 0 Å². The second-order valence-electron chi connectivity index (χ2n) is 6.52. The van der Waals surface area contributed by atoms with Crippen LogP contribution in [0.3, 0.4) is 0 Å². The highest BCUT2D eigenvalue weighted by atomic mass is 35.5. The molecule has 0 N–H and O–H groups in total. The normalized spacial score (nSPS) is 16.2. The highest BCUT2D eigenvalue weighted by Gasteiger charge is 2.35. The Labute approximate surface area is 161 Å². The fourth-order valence-corrected chi connectivity index (χ4v) is 3.86. The molecule has 0 saturated carbocycles. The predicted octanol–water partition coefficient (Wildman–Crippen LogP) is 3.99. The molecule has 0 spiro atoms. The minimum absolute atomic E-state index is 0.110. The second-order valence-corrected chi connectivity index (χ2v) is 6.96. The molecule has 7 heteroatoms. The van der Waals surface area contributed by atoms with Gasteiger partial charge in [-0.3, -0.25) is 4.79 Å². The molecule has 0 saturated heterocycles. The van der Waals surface area contributed by atoms with Gasteiger partial charge in [0.05, 0.1) is 17.4 Å². The van der Waals surface area contributed by atoms with E-state index in [1.165, 1.54) is 6.07 Å². The molecular formula is C21H11ClO6. The van der Waals surface area contributed by atoms with E-state index < -0.39 is 23.1 Å². The van der Waals surface area contributed by atoms with Crippen molar-refractivity contribution >= 4 is 39.5 Å². The number of fused-ring (bicyclic) bond motifs is 4. The van der Waals surface area contributed by atoms with Gasteiger partial charge in [0.1, 0.15) is 11.2 Å². The summed E-state index contributed by atoms with van der Waals surface area (Å²) in [7, 11) is 0. The van der Waals surface area contributed by atoms with E-state index in [-0.39, 0.29) is 17.7 Å². The quantitative estimate of drug-likeness (QED) is 0.358. The molecular weight excluding hydrogens is 384 g/mol. The molecule has 3 heterocycles. The molecule has 1 unspecified atom stereocenters. The van der Waals surface area contributed by atoms with Gasteiger partial charge in [0.15, 0.2) is 5.75 Å². The fraction of sp³-hybridized carbons (Fsp3) is 0.0952. The van der Waals surface area contributed by atoms with Crippen LogP contribution < -0.4 is 16.0 Å². The molecule has 0 fully saturated rings. The number of halogens is 1. The van der Waals surface area contributed by atoms with Gasteiger partial charge in [-0.25, -0.2) is 9.59 Å². The summed E-state index contributed by atoms with van der Waals surface area (Å²) in [6.45, 7) is 0. The number of para-hydroxylation sites is 1. The summed E-state index contributed by atoms with van der Waals surface area (Å²) in [4.78, 5) is 37.2. The molecule has 138 valence electrons. The Morgan fingerprint density at radius 2 is 1.68 bits per heavy atom. The maximum absolute atomic E-state index is 12.8. The average Bonchev–Trinajstić information content (AvgIpc) is 2.67. The number of ether oxygens (including phenoxy) is 1. The van der Waals surface area contributed by atoms with Gasteiger partial charge >= 0.3 is 17.2 Å². The van der Waals surface area contributed by atoms with Crippen LogP contribution >= 0.6 is 11.6 Å². The number of carbonyl (C=O) groups is 1. The molecule has 0 radical (unpaired) electrons. The molecule has 6 nitrogen and oxygen atoms in total. The highest BCUT2D eigenvalue weighted by Crippen LogP contribution is 2.42. The zero-order chi connectivity index (χ0) is 19.4.